The van der Waals surface area contributed by atoms with Crippen molar-refractivity contribution in [2.24, 2.45) is 5.92 Å². The van der Waals surface area contributed by atoms with Gasteiger partial charge in [-0.1, -0.05) is 66.9 Å². The summed E-state index contributed by atoms with van der Waals surface area (Å²) >= 11 is 7.40. The summed E-state index contributed by atoms with van der Waals surface area (Å²) < 4.78 is 6.16. The molecule has 8 heteroatoms. The van der Waals surface area contributed by atoms with E-state index in [9.17, 15) is 9.59 Å². The van der Waals surface area contributed by atoms with Gasteiger partial charge in [-0.2, -0.15) is 0 Å². The largest absolute Gasteiger partial charge is 0.486 e. The minimum absolute atomic E-state index is 0.127. The van der Waals surface area contributed by atoms with E-state index >= 15 is 0 Å². The van der Waals surface area contributed by atoms with Crippen molar-refractivity contribution in [3.8, 4) is 5.75 Å². The van der Waals surface area contributed by atoms with Gasteiger partial charge in [0.05, 0.1) is 6.04 Å². The lowest BCUT2D eigenvalue weighted by molar-refractivity contribution is -0.137. The molecule has 1 atom stereocenters. The number of thiazole rings is 1. The summed E-state index contributed by atoms with van der Waals surface area (Å²) in [5.74, 6) is 0.823. The predicted molar refractivity (Wildman–Crippen MR) is 158 cm³/mol. The Morgan fingerprint density at radius 1 is 1.02 bits per heavy atom. The fourth-order valence-corrected chi connectivity index (χ4v) is 6.59. The zero-order valence-corrected chi connectivity index (χ0v) is 23.6. The lowest BCUT2D eigenvalue weighted by atomic mass is 9.87. The van der Waals surface area contributed by atoms with Crippen LogP contribution in [0.2, 0.25) is 5.02 Å². The van der Waals surface area contributed by atoms with Crippen molar-refractivity contribution in [1.29, 1.82) is 0 Å². The van der Waals surface area contributed by atoms with Crippen LogP contribution in [-0.2, 0) is 17.8 Å². The predicted octanol–water partition coefficient (Wildman–Crippen LogP) is 7.29. The first kappa shape index (κ1) is 26.5. The topological polar surface area (TPSA) is 71.5 Å². The number of nitrogens with zero attached hydrogens (tertiary/aromatic N) is 2. The molecule has 1 aromatic heterocycles. The van der Waals surface area contributed by atoms with E-state index in [1.165, 1.54) is 16.9 Å². The molecule has 1 saturated carbocycles. The number of anilines is 1. The molecule has 0 saturated heterocycles. The number of hydrogen-bond donors (Lipinski definition) is 1. The number of hydrogen-bond acceptors (Lipinski definition) is 5. The third kappa shape index (κ3) is 5.76. The fourth-order valence-electron chi connectivity index (χ4n) is 5.71. The third-order valence-corrected chi connectivity index (χ3v) is 8.74. The molecule has 2 amide bonds. The Kier molecular flexibility index (Phi) is 7.84. The van der Waals surface area contributed by atoms with Crippen LogP contribution in [0.1, 0.15) is 63.9 Å². The molecule has 1 N–H and O–H groups in total. The quantitative estimate of drug-likeness (QED) is 0.253. The summed E-state index contributed by atoms with van der Waals surface area (Å²) in [4.78, 5) is 32.8. The van der Waals surface area contributed by atoms with Crippen molar-refractivity contribution in [3.63, 3.8) is 0 Å². The summed E-state index contributed by atoms with van der Waals surface area (Å²) in [6.45, 7) is 0.968. The molecular formula is C32H30ClN3O3S. The number of amides is 2. The van der Waals surface area contributed by atoms with Gasteiger partial charge in [-0.25, -0.2) is 4.98 Å². The van der Waals surface area contributed by atoms with Crippen LogP contribution in [0.25, 0.3) is 0 Å². The van der Waals surface area contributed by atoms with Gasteiger partial charge in [0, 0.05) is 28.6 Å². The number of aromatic nitrogens is 1. The van der Waals surface area contributed by atoms with Crippen molar-refractivity contribution in [2.75, 3.05) is 11.9 Å². The Balaban J connectivity index is 1.19. The van der Waals surface area contributed by atoms with Crippen molar-refractivity contribution < 1.29 is 14.3 Å². The van der Waals surface area contributed by atoms with Crippen molar-refractivity contribution in [2.45, 2.75) is 44.8 Å². The Morgan fingerprint density at radius 2 is 1.85 bits per heavy atom. The Hall–Kier alpha value is -3.68. The highest BCUT2D eigenvalue weighted by atomic mass is 35.5. The molecule has 0 bridgehead atoms. The van der Waals surface area contributed by atoms with E-state index in [1.54, 1.807) is 29.6 Å². The van der Waals surface area contributed by atoms with Crippen LogP contribution in [-0.4, -0.2) is 28.2 Å². The van der Waals surface area contributed by atoms with E-state index in [0.29, 0.717) is 21.4 Å². The van der Waals surface area contributed by atoms with E-state index in [0.717, 1.165) is 55.5 Å². The summed E-state index contributed by atoms with van der Waals surface area (Å²) in [7, 11) is 0. The first-order valence-electron chi connectivity index (χ1n) is 13.7. The van der Waals surface area contributed by atoms with Crippen LogP contribution in [0.15, 0.2) is 78.2 Å². The van der Waals surface area contributed by atoms with Gasteiger partial charge < -0.3 is 15.0 Å². The molecule has 1 unspecified atom stereocenters. The SMILES string of the molecule is O=C(Nc1cccc(Cl)c1)c1csc(COc2ccc3c(c2)C(c2ccccc2)N(C(=O)C2CCCC2)CC3)n1. The molecule has 0 spiro atoms. The Bertz CT molecular complexity index is 1520. The van der Waals surface area contributed by atoms with Gasteiger partial charge >= 0.3 is 0 Å². The van der Waals surface area contributed by atoms with Gasteiger partial charge in [0.15, 0.2) is 0 Å². The van der Waals surface area contributed by atoms with Crippen LogP contribution >= 0.6 is 22.9 Å². The van der Waals surface area contributed by atoms with Crippen LogP contribution in [0.3, 0.4) is 0 Å². The van der Waals surface area contributed by atoms with Gasteiger partial charge in [-0.3, -0.25) is 9.59 Å². The summed E-state index contributed by atoms with van der Waals surface area (Å²) in [6, 6.07) is 23.3. The molecule has 4 aromatic rings. The zero-order chi connectivity index (χ0) is 27.5. The molecular weight excluding hydrogens is 542 g/mol. The minimum atomic E-state index is -0.295. The number of nitrogens with one attached hydrogen (secondary N) is 1. The molecule has 1 aliphatic heterocycles. The van der Waals surface area contributed by atoms with Crippen LogP contribution < -0.4 is 10.1 Å². The summed E-state index contributed by atoms with van der Waals surface area (Å²) in [5.41, 5.74) is 4.42. The zero-order valence-electron chi connectivity index (χ0n) is 22.0. The highest BCUT2D eigenvalue weighted by Crippen LogP contribution is 2.39. The molecule has 40 heavy (non-hydrogen) atoms. The van der Waals surface area contributed by atoms with E-state index in [1.807, 2.05) is 24.3 Å². The molecule has 204 valence electrons. The number of rotatable bonds is 7. The Labute approximate surface area is 243 Å². The highest BCUT2D eigenvalue weighted by Gasteiger charge is 2.36. The fraction of sp³-hybridized carbons (Fsp3) is 0.281. The van der Waals surface area contributed by atoms with Gasteiger partial charge in [0.2, 0.25) is 5.91 Å². The molecule has 3 aromatic carbocycles. The normalized spacial score (nSPS) is 16.9. The average molecular weight is 572 g/mol. The van der Waals surface area contributed by atoms with Gasteiger partial charge in [-0.15, -0.1) is 11.3 Å². The van der Waals surface area contributed by atoms with Crippen LogP contribution in [0, 0.1) is 5.92 Å². The number of halogens is 1. The molecule has 2 heterocycles. The number of ether oxygens (including phenoxy) is 1. The highest BCUT2D eigenvalue weighted by molar-refractivity contribution is 7.09. The van der Waals surface area contributed by atoms with Crippen molar-refractivity contribution in [1.82, 2.24) is 9.88 Å². The number of carbonyl (C=O) groups excluding carboxylic acids is 2. The smallest absolute Gasteiger partial charge is 0.275 e. The maximum Gasteiger partial charge on any atom is 0.275 e. The summed E-state index contributed by atoms with van der Waals surface area (Å²) in [6.07, 6.45) is 5.07. The van der Waals surface area contributed by atoms with E-state index in [4.69, 9.17) is 16.3 Å². The monoisotopic (exact) mass is 571 g/mol. The van der Waals surface area contributed by atoms with Gasteiger partial charge in [-0.05, 0) is 66.3 Å². The average Bonchev–Trinajstić information content (AvgIpc) is 3.69. The molecule has 6 nitrogen and oxygen atoms in total. The van der Waals surface area contributed by atoms with Crippen LogP contribution in [0.5, 0.6) is 5.75 Å². The number of carbonyl (C=O) groups is 2. The number of benzene rings is 3. The molecule has 6 rings (SSSR count). The molecule has 1 fully saturated rings. The minimum Gasteiger partial charge on any atom is -0.486 e. The van der Waals surface area contributed by atoms with Gasteiger partial charge in [0.25, 0.3) is 5.91 Å². The molecule has 1 aliphatic carbocycles. The first-order valence-corrected chi connectivity index (χ1v) is 14.9. The van der Waals surface area contributed by atoms with Crippen LogP contribution in [0.4, 0.5) is 5.69 Å². The maximum atomic E-state index is 13.6. The standard InChI is InChI=1S/C32H30ClN3O3S/c33-24-11-6-12-25(17-24)34-31(37)28-20-40-29(35-28)19-39-26-14-13-21-15-16-36(32(38)23-9-4-5-10-23)30(27(21)18-26)22-7-2-1-3-8-22/h1-3,6-8,11-14,17-18,20,23,30H,4-5,9-10,15-16,19H2,(H,34,37). The lowest BCUT2D eigenvalue weighted by Crippen LogP contribution is -2.43. The lowest BCUT2D eigenvalue weighted by Gasteiger charge is -2.39. The molecule has 0 radical (unpaired) electrons. The van der Waals surface area contributed by atoms with E-state index in [-0.39, 0.29) is 30.4 Å². The van der Waals surface area contributed by atoms with Crippen molar-refractivity contribution >= 4 is 40.4 Å². The van der Waals surface area contributed by atoms with E-state index in [2.05, 4.69) is 39.5 Å². The van der Waals surface area contributed by atoms with Crippen molar-refractivity contribution in [3.05, 3.63) is 111 Å². The second kappa shape index (κ2) is 11.8. The van der Waals surface area contributed by atoms with Gasteiger partial charge in [0.1, 0.15) is 23.1 Å². The maximum absolute atomic E-state index is 13.6. The second-order valence-electron chi connectivity index (χ2n) is 10.3. The second-order valence-corrected chi connectivity index (χ2v) is 11.7. The molecule has 2 aliphatic rings. The Morgan fingerprint density at radius 3 is 2.65 bits per heavy atom. The number of fused-ring (bicyclic) bond motifs is 1. The van der Waals surface area contributed by atoms with E-state index < -0.39 is 0 Å². The third-order valence-electron chi connectivity index (χ3n) is 7.68. The first-order chi connectivity index (χ1) is 19.5. The summed E-state index contributed by atoms with van der Waals surface area (Å²) in [5, 5.41) is 5.80.